The number of hydroxylamine groups is 1. The lowest BCUT2D eigenvalue weighted by atomic mass is 10.2. The third-order valence-corrected chi connectivity index (χ3v) is 1.63. The van der Waals surface area contributed by atoms with E-state index in [0.29, 0.717) is 0 Å². The Labute approximate surface area is 75.9 Å². The molecule has 1 atom stereocenters. The van der Waals surface area contributed by atoms with Crippen molar-refractivity contribution in [1.82, 2.24) is 15.4 Å². The Morgan fingerprint density at radius 3 is 3.15 bits per heavy atom. The van der Waals surface area contributed by atoms with E-state index in [1.807, 2.05) is 6.92 Å². The van der Waals surface area contributed by atoms with E-state index in [0.717, 1.165) is 12.2 Å². The van der Waals surface area contributed by atoms with Crippen LogP contribution in [0.5, 0.6) is 0 Å². The minimum absolute atomic E-state index is 0.0109. The standard InChI is InChI=1S/C7H13N5O/c1-2-5(11-7(8)12-13)6-9-3-4-10-6/h3-5,13H,2H2,1H3,(H,9,10)(H3,8,11,12). The molecule has 0 saturated heterocycles. The number of guanidine groups is 1. The number of imidazole rings is 1. The number of rotatable bonds is 3. The van der Waals surface area contributed by atoms with Crippen LogP contribution in [-0.4, -0.2) is 21.1 Å². The molecule has 0 saturated carbocycles. The van der Waals surface area contributed by atoms with Gasteiger partial charge in [-0.15, -0.1) is 0 Å². The van der Waals surface area contributed by atoms with E-state index in [-0.39, 0.29) is 12.0 Å². The van der Waals surface area contributed by atoms with Crippen LogP contribution < -0.4 is 11.2 Å². The SMILES string of the molecule is CCC(N=C(N)NO)c1ncc[nH]1. The maximum Gasteiger partial charge on any atom is 0.213 e. The minimum Gasteiger partial charge on any atom is -0.368 e. The molecule has 0 spiro atoms. The molecule has 1 aromatic rings. The maximum atomic E-state index is 8.44. The highest BCUT2D eigenvalue weighted by atomic mass is 16.5. The first-order valence-electron chi connectivity index (χ1n) is 4.00. The monoisotopic (exact) mass is 183 g/mol. The molecule has 0 aromatic carbocycles. The van der Waals surface area contributed by atoms with Gasteiger partial charge in [-0.2, -0.15) is 0 Å². The smallest absolute Gasteiger partial charge is 0.213 e. The molecule has 6 nitrogen and oxygen atoms in total. The summed E-state index contributed by atoms with van der Waals surface area (Å²) in [7, 11) is 0. The van der Waals surface area contributed by atoms with Gasteiger partial charge in [0.25, 0.3) is 0 Å². The van der Waals surface area contributed by atoms with Crippen molar-refractivity contribution in [3.05, 3.63) is 18.2 Å². The fourth-order valence-corrected chi connectivity index (χ4v) is 1.00. The zero-order chi connectivity index (χ0) is 9.68. The summed E-state index contributed by atoms with van der Waals surface area (Å²) in [6.07, 6.45) is 4.13. The van der Waals surface area contributed by atoms with Gasteiger partial charge in [0.2, 0.25) is 5.96 Å². The molecule has 13 heavy (non-hydrogen) atoms. The van der Waals surface area contributed by atoms with Gasteiger partial charge in [-0.05, 0) is 6.42 Å². The van der Waals surface area contributed by atoms with Gasteiger partial charge in [-0.3, -0.25) is 5.21 Å². The van der Waals surface area contributed by atoms with Crippen LogP contribution in [0.4, 0.5) is 0 Å². The summed E-state index contributed by atoms with van der Waals surface area (Å²) in [5.74, 6) is 0.726. The van der Waals surface area contributed by atoms with Crippen molar-refractivity contribution in [3.63, 3.8) is 0 Å². The minimum atomic E-state index is -0.144. The zero-order valence-electron chi connectivity index (χ0n) is 7.36. The molecule has 0 bridgehead atoms. The second kappa shape index (κ2) is 4.46. The molecule has 0 fully saturated rings. The van der Waals surface area contributed by atoms with Crippen LogP contribution in [0.3, 0.4) is 0 Å². The summed E-state index contributed by atoms with van der Waals surface area (Å²) in [5.41, 5.74) is 7.08. The van der Waals surface area contributed by atoms with Crippen molar-refractivity contribution in [2.24, 2.45) is 10.7 Å². The number of nitrogens with zero attached hydrogens (tertiary/aromatic N) is 2. The number of nitrogens with two attached hydrogens (primary N) is 1. The van der Waals surface area contributed by atoms with Crippen molar-refractivity contribution in [2.75, 3.05) is 0 Å². The number of hydrogen-bond acceptors (Lipinski definition) is 3. The van der Waals surface area contributed by atoms with Crippen LogP contribution >= 0.6 is 0 Å². The fraction of sp³-hybridized carbons (Fsp3) is 0.429. The first-order valence-corrected chi connectivity index (χ1v) is 4.00. The topological polar surface area (TPSA) is 99.3 Å². The first-order chi connectivity index (χ1) is 6.27. The Balaban J connectivity index is 2.75. The van der Waals surface area contributed by atoms with Crippen LogP contribution in [-0.2, 0) is 0 Å². The van der Waals surface area contributed by atoms with Crippen LogP contribution in [0.2, 0.25) is 0 Å². The highest BCUT2D eigenvalue weighted by Gasteiger charge is 2.09. The molecular weight excluding hydrogens is 170 g/mol. The predicted octanol–water partition coefficient (Wildman–Crippen LogP) is 0.154. The van der Waals surface area contributed by atoms with E-state index >= 15 is 0 Å². The van der Waals surface area contributed by atoms with Crippen LogP contribution in [0.25, 0.3) is 0 Å². The van der Waals surface area contributed by atoms with Crippen LogP contribution in [0, 0.1) is 0 Å². The first kappa shape index (κ1) is 9.53. The van der Waals surface area contributed by atoms with Gasteiger partial charge in [-0.1, -0.05) is 6.92 Å². The lowest BCUT2D eigenvalue weighted by molar-refractivity contribution is 0.232. The molecule has 5 N–H and O–H groups in total. The second-order valence-corrected chi connectivity index (χ2v) is 2.52. The molecule has 1 heterocycles. The fourth-order valence-electron chi connectivity index (χ4n) is 1.00. The lowest BCUT2D eigenvalue weighted by Crippen LogP contribution is -2.29. The molecule has 0 aliphatic rings. The Kier molecular flexibility index (Phi) is 3.27. The quantitative estimate of drug-likeness (QED) is 0.304. The lowest BCUT2D eigenvalue weighted by Gasteiger charge is -2.07. The molecule has 6 heteroatoms. The number of nitrogens with one attached hydrogen (secondary N) is 2. The highest BCUT2D eigenvalue weighted by Crippen LogP contribution is 2.15. The summed E-state index contributed by atoms with van der Waals surface area (Å²) >= 11 is 0. The van der Waals surface area contributed by atoms with E-state index in [1.165, 1.54) is 0 Å². The molecule has 1 unspecified atom stereocenters. The highest BCUT2D eigenvalue weighted by molar-refractivity contribution is 5.76. The number of aliphatic imine (C=N–C) groups is 1. The Morgan fingerprint density at radius 2 is 2.69 bits per heavy atom. The Hall–Kier alpha value is -1.56. The molecule has 1 aromatic heterocycles. The number of hydrogen-bond donors (Lipinski definition) is 4. The number of aromatic nitrogens is 2. The molecule has 72 valence electrons. The summed E-state index contributed by atoms with van der Waals surface area (Å²) in [6.45, 7) is 1.96. The molecule has 0 amide bonds. The Bertz CT molecular complexity index is 268. The van der Waals surface area contributed by atoms with Crippen molar-refractivity contribution >= 4 is 5.96 Å². The van der Waals surface area contributed by atoms with Gasteiger partial charge < -0.3 is 10.7 Å². The van der Waals surface area contributed by atoms with Crippen molar-refractivity contribution in [3.8, 4) is 0 Å². The van der Waals surface area contributed by atoms with Crippen LogP contribution in [0.1, 0.15) is 25.2 Å². The van der Waals surface area contributed by atoms with E-state index in [4.69, 9.17) is 10.9 Å². The number of H-pyrrole nitrogens is 1. The normalized spacial score (nSPS) is 14.2. The van der Waals surface area contributed by atoms with Crippen molar-refractivity contribution in [2.45, 2.75) is 19.4 Å². The van der Waals surface area contributed by atoms with E-state index < -0.39 is 0 Å². The second-order valence-electron chi connectivity index (χ2n) is 2.52. The summed E-state index contributed by atoms with van der Waals surface area (Å²) in [6, 6.07) is -0.144. The van der Waals surface area contributed by atoms with Crippen molar-refractivity contribution < 1.29 is 5.21 Å². The summed E-state index contributed by atoms with van der Waals surface area (Å²) < 4.78 is 0. The van der Waals surface area contributed by atoms with Crippen LogP contribution in [0.15, 0.2) is 17.4 Å². The molecule has 0 aliphatic heterocycles. The summed E-state index contributed by atoms with van der Waals surface area (Å²) in [5, 5.41) is 8.44. The van der Waals surface area contributed by atoms with Gasteiger partial charge in [-0.25, -0.2) is 15.5 Å². The predicted molar refractivity (Wildman–Crippen MR) is 48.2 cm³/mol. The molecule has 0 radical (unpaired) electrons. The zero-order valence-corrected chi connectivity index (χ0v) is 7.36. The van der Waals surface area contributed by atoms with Gasteiger partial charge in [0, 0.05) is 12.4 Å². The van der Waals surface area contributed by atoms with E-state index in [2.05, 4.69) is 15.0 Å². The van der Waals surface area contributed by atoms with Gasteiger partial charge in [0.15, 0.2) is 0 Å². The molecular formula is C7H13N5O. The van der Waals surface area contributed by atoms with E-state index in [1.54, 1.807) is 17.9 Å². The third kappa shape index (κ3) is 2.45. The average Bonchev–Trinajstić information content (AvgIpc) is 2.66. The average molecular weight is 183 g/mol. The van der Waals surface area contributed by atoms with Gasteiger partial charge in [0.05, 0.1) is 0 Å². The van der Waals surface area contributed by atoms with E-state index in [9.17, 15) is 0 Å². The van der Waals surface area contributed by atoms with Gasteiger partial charge in [0.1, 0.15) is 11.9 Å². The molecule has 1 rings (SSSR count). The maximum absolute atomic E-state index is 8.44. The molecule has 0 aliphatic carbocycles. The number of aromatic amines is 1. The summed E-state index contributed by atoms with van der Waals surface area (Å²) in [4.78, 5) is 11.0. The largest absolute Gasteiger partial charge is 0.368 e. The van der Waals surface area contributed by atoms with Gasteiger partial charge >= 0.3 is 0 Å². The van der Waals surface area contributed by atoms with Crippen molar-refractivity contribution in [1.29, 1.82) is 0 Å². The Morgan fingerprint density at radius 1 is 1.92 bits per heavy atom. The third-order valence-electron chi connectivity index (χ3n) is 1.63.